The summed E-state index contributed by atoms with van der Waals surface area (Å²) >= 11 is 0. The maximum atomic E-state index is 11.8. The number of allylic oxidation sites excluding steroid dienone is 2. The van der Waals surface area contributed by atoms with E-state index in [0.717, 1.165) is 19.8 Å². The Labute approximate surface area is 172 Å². The van der Waals surface area contributed by atoms with Gasteiger partial charge in [0.2, 0.25) is 5.91 Å². The van der Waals surface area contributed by atoms with Crippen LogP contribution < -0.4 is 5.73 Å². The molecule has 0 saturated heterocycles. The van der Waals surface area contributed by atoms with Gasteiger partial charge in [0.15, 0.2) is 0 Å². The highest BCUT2D eigenvalue weighted by molar-refractivity contribution is 5.84. The highest BCUT2D eigenvalue weighted by Gasteiger charge is 2.36. The zero-order valence-corrected chi connectivity index (χ0v) is 17.2. The first-order valence-corrected chi connectivity index (χ1v) is 10.3. The van der Waals surface area contributed by atoms with Crippen molar-refractivity contribution >= 4 is 17.4 Å². The summed E-state index contributed by atoms with van der Waals surface area (Å²) in [7, 11) is 0. The highest BCUT2D eigenvalue weighted by atomic mass is 16.4. The Bertz CT molecular complexity index is 922. The minimum atomic E-state index is -0.833. The molecule has 0 aliphatic heterocycles. The highest BCUT2D eigenvalue weighted by Crippen LogP contribution is 2.52. The summed E-state index contributed by atoms with van der Waals surface area (Å²) in [4.78, 5) is 20.8. The average molecular weight is 392 g/mol. The molecule has 1 fully saturated rings. The number of nitrogens with two attached hydrogens (primary N) is 1. The third-order valence-electron chi connectivity index (χ3n) is 5.65. The lowest BCUT2D eigenvalue weighted by atomic mass is 9.86. The predicted octanol–water partition coefficient (Wildman–Crippen LogP) is 5.03. The van der Waals surface area contributed by atoms with Gasteiger partial charge in [0.05, 0.1) is 0 Å². The molecule has 0 radical (unpaired) electrons. The first-order chi connectivity index (χ1) is 13.9. The Balaban J connectivity index is 0.000000552. The number of amides is 1. The molecule has 2 aliphatic rings. The quantitative estimate of drug-likeness (QED) is 0.724. The largest absolute Gasteiger partial charge is 0.481 e. The van der Waals surface area contributed by atoms with Crippen LogP contribution in [0, 0.1) is 0 Å². The van der Waals surface area contributed by atoms with Crippen molar-refractivity contribution < 1.29 is 14.7 Å². The Morgan fingerprint density at radius 1 is 1.07 bits per heavy atom. The van der Waals surface area contributed by atoms with Crippen molar-refractivity contribution in [2.75, 3.05) is 0 Å². The van der Waals surface area contributed by atoms with E-state index in [1.54, 1.807) is 0 Å². The first-order valence-electron chi connectivity index (χ1n) is 10.3. The zero-order valence-electron chi connectivity index (χ0n) is 17.2. The number of primary amides is 1. The van der Waals surface area contributed by atoms with Crippen molar-refractivity contribution in [2.45, 2.75) is 57.8 Å². The van der Waals surface area contributed by atoms with Gasteiger partial charge in [-0.05, 0) is 59.4 Å². The molecular formula is C25H29NO3. The summed E-state index contributed by atoms with van der Waals surface area (Å²) in [5.74, 6) is -0.180. The number of hydrogen-bond acceptors (Lipinski definition) is 2. The Hall–Kier alpha value is -2.88. The number of benzene rings is 2. The van der Waals surface area contributed by atoms with Crippen LogP contribution in [0.2, 0.25) is 0 Å². The third kappa shape index (κ3) is 4.94. The molecule has 2 aromatic rings. The van der Waals surface area contributed by atoms with Gasteiger partial charge in [0.1, 0.15) is 0 Å². The van der Waals surface area contributed by atoms with Gasteiger partial charge in [0.25, 0.3) is 5.97 Å². The molecule has 4 nitrogen and oxygen atoms in total. The van der Waals surface area contributed by atoms with Crippen LogP contribution in [0.3, 0.4) is 0 Å². The number of carboxylic acids is 1. The molecule has 1 atom stereocenters. The molecule has 0 aromatic heterocycles. The molecule has 1 saturated carbocycles. The van der Waals surface area contributed by atoms with E-state index < -0.39 is 5.97 Å². The first kappa shape index (κ1) is 20.8. The molecule has 4 heteroatoms. The van der Waals surface area contributed by atoms with Gasteiger partial charge in [0, 0.05) is 19.3 Å². The standard InChI is InChI=1S/C23H25NO.C2H4O2/c1-2-17-20(13-15-7-4-3-5-8-15)19-10-6-9-18(16-11-12-16)23(19)21(17)14-22(24)25;1-2(3)4/h3-10,16,21H,2,11-14H2,1H3,(H2,24,25);1H3,(H,3,4). The average Bonchev–Trinajstić information content (AvgIpc) is 3.47. The third-order valence-corrected chi connectivity index (χ3v) is 5.65. The van der Waals surface area contributed by atoms with Crippen molar-refractivity contribution in [2.24, 2.45) is 5.73 Å². The van der Waals surface area contributed by atoms with Crippen LogP contribution in [-0.4, -0.2) is 17.0 Å². The number of hydrogen-bond donors (Lipinski definition) is 2. The van der Waals surface area contributed by atoms with Crippen molar-refractivity contribution in [3.8, 4) is 0 Å². The van der Waals surface area contributed by atoms with Crippen LogP contribution in [0.4, 0.5) is 0 Å². The number of aliphatic carboxylic acids is 1. The normalized spacial score (nSPS) is 17.4. The molecule has 2 aliphatic carbocycles. The second-order valence-electron chi connectivity index (χ2n) is 7.84. The number of rotatable bonds is 6. The molecule has 4 rings (SSSR count). The summed E-state index contributed by atoms with van der Waals surface area (Å²) in [6, 6.07) is 17.3. The van der Waals surface area contributed by atoms with Crippen LogP contribution in [-0.2, 0) is 16.0 Å². The van der Waals surface area contributed by atoms with E-state index in [9.17, 15) is 4.79 Å². The lowest BCUT2D eigenvalue weighted by molar-refractivity contribution is -0.134. The number of carbonyl (C=O) groups is 2. The van der Waals surface area contributed by atoms with E-state index in [1.165, 1.54) is 46.2 Å². The van der Waals surface area contributed by atoms with E-state index in [1.807, 2.05) is 0 Å². The van der Waals surface area contributed by atoms with E-state index in [4.69, 9.17) is 15.6 Å². The molecule has 0 bridgehead atoms. The van der Waals surface area contributed by atoms with Gasteiger partial charge in [-0.2, -0.15) is 0 Å². The van der Waals surface area contributed by atoms with Crippen molar-refractivity contribution in [1.29, 1.82) is 0 Å². The Kier molecular flexibility index (Phi) is 6.53. The van der Waals surface area contributed by atoms with Gasteiger partial charge in [-0.1, -0.05) is 61.0 Å². The minimum absolute atomic E-state index is 0.174. The fourth-order valence-electron chi connectivity index (χ4n) is 4.44. The zero-order chi connectivity index (χ0) is 21.0. The summed E-state index contributed by atoms with van der Waals surface area (Å²) in [6.07, 6.45) is 4.88. The topological polar surface area (TPSA) is 80.4 Å². The molecule has 0 heterocycles. The van der Waals surface area contributed by atoms with E-state index in [0.29, 0.717) is 12.3 Å². The molecule has 0 spiro atoms. The molecule has 1 amide bonds. The lowest BCUT2D eigenvalue weighted by Crippen LogP contribution is -2.16. The van der Waals surface area contributed by atoms with E-state index in [2.05, 4.69) is 55.5 Å². The SMILES string of the molecule is CC(=O)O.CCC1=C(Cc2ccccc2)c2cccc(C3CC3)c2C1CC(N)=O. The number of fused-ring (bicyclic) bond motifs is 1. The Morgan fingerprint density at radius 3 is 2.28 bits per heavy atom. The maximum absolute atomic E-state index is 11.8. The lowest BCUT2D eigenvalue weighted by Gasteiger charge is -2.17. The summed E-state index contributed by atoms with van der Waals surface area (Å²) in [5, 5.41) is 7.42. The monoisotopic (exact) mass is 391 g/mol. The van der Waals surface area contributed by atoms with E-state index in [-0.39, 0.29) is 11.8 Å². The van der Waals surface area contributed by atoms with Crippen LogP contribution >= 0.6 is 0 Å². The second kappa shape index (κ2) is 9.08. The van der Waals surface area contributed by atoms with Crippen molar-refractivity contribution in [3.63, 3.8) is 0 Å². The smallest absolute Gasteiger partial charge is 0.300 e. The summed E-state index contributed by atoms with van der Waals surface area (Å²) in [6.45, 7) is 3.29. The predicted molar refractivity (Wildman–Crippen MR) is 116 cm³/mol. The molecule has 1 unspecified atom stereocenters. The number of carboxylic acid groups (broad SMARTS) is 1. The van der Waals surface area contributed by atoms with Gasteiger partial charge in [-0.25, -0.2) is 0 Å². The Morgan fingerprint density at radius 2 is 1.72 bits per heavy atom. The second-order valence-corrected chi connectivity index (χ2v) is 7.84. The molecule has 152 valence electrons. The minimum Gasteiger partial charge on any atom is -0.481 e. The number of carbonyl (C=O) groups excluding carboxylic acids is 1. The van der Waals surface area contributed by atoms with Gasteiger partial charge >= 0.3 is 0 Å². The molecule has 29 heavy (non-hydrogen) atoms. The molecule has 3 N–H and O–H groups in total. The van der Waals surface area contributed by atoms with E-state index >= 15 is 0 Å². The van der Waals surface area contributed by atoms with Gasteiger partial charge in [-0.3, -0.25) is 9.59 Å². The van der Waals surface area contributed by atoms with Crippen molar-refractivity contribution in [3.05, 3.63) is 76.4 Å². The van der Waals surface area contributed by atoms with Crippen LogP contribution in [0.25, 0.3) is 5.57 Å². The van der Waals surface area contributed by atoms with Gasteiger partial charge < -0.3 is 10.8 Å². The molecule has 2 aromatic carbocycles. The van der Waals surface area contributed by atoms with Gasteiger partial charge in [-0.15, -0.1) is 0 Å². The van der Waals surface area contributed by atoms with Crippen molar-refractivity contribution in [1.82, 2.24) is 0 Å². The summed E-state index contributed by atoms with van der Waals surface area (Å²) in [5.41, 5.74) is 14.0. The summed E-state index contributed by atoms with van der Waals surface area (Å²) < 4.78 is 0. The maximum Gasteiger partial charge on any atom is 0.300 e. The fourth-order valence-corrected chi connectivity index (χ4v) is 4.44. The molecular weight excluding hydrogens is 362 g/mol. The van der Waals surface area contributed by atoms with Crippen LogP contribution in [0.5, 0.6) is 0 Å². The van der Waals surface area contributed by atoms with Crippen LogP contribution in [0.15, 0.2) is 54.1 Å². The van der Waals surface area contributed by atoms with Crippen LogP contribution in [0.1, 0.15) is 73.6 Å². The fraction of sp³-hybridized carbons (Fsp3) is 0.360.